The van der Waals surface area contributed by atoms with Gasteiger partial charge >= 0.3 is 5.97 Å². The first-order valence-electron chi connectivity index (χ1n) is 5.13. The lowest BCUT2D eigenvalue weighted by molar-refractivity contribution is -0.0282. The Labute approximate surface area is 94.9 Å². The van der Waals surface area contributed by atoms with Crippen LogP contribution in [0.25, 0.3) is 0 Å². The molecule has 1 heterocycles. The molecule has 16 heavy (non-hydrogen) atoms. The van der Waals surface area contributed by atoms with E-state index in [1.165, 1.54) is 6.07 Å². The highest BCUT2D eigenvalue weighted by atomic mass is 16.6. The quantitative estimate of drug-likeness (QED) is 0.603. The lowest BCUT2D eigenvalue weighted by Crippen LogP contribution is -2.22. The second-order valence-electron chi connectivity index (χ2n) is 4.44. The van der Waals surface area contributed by atoms with E-state index in [1.54, 1.807) is 6.20 Å². The van der Waals surface area contributed by atoms with Crippen LogP contribution in [-0.4, -0.2) is 29.8 Å². The molecule has 5 nitrogen and oxygen atoms in total. The van der Waals surface area contributed by atoms with Gasteiger partial charge in [-0.15, -0.1) is 0 Å². The molecule has 0 unspecified atom stereocenters. The Hall–Kier alpha value is -1.49. The Balaban J connectivity index is 2.26. The third-order valence-electron chi connectivity index (χ3n) is 1.78. The Bertz CT molecular complexity index is 352. The molecule has 0 saturated heterocycles. The van der Waals surface area contributed by atoms with Crippen molar-refractivity contribution < 1.29 is 14.3 Å². The number of H-pyrrole nitrogens is 1. The number of esters is 1. The number of aromatic nitrogens is 1. The molecule has 0 fully saturated rings. The molecular formula is C11H18N2O3. The van der Waals surface area contributed by atoms with E-state index in [4.69, 9.17) is 15.2 Å². The summed E-state index contributed by atoms with van der Waals surface area (Å²) in [6.07, 6.45) is 1.54. The molecule has 0 aliphatic carbocycles. The number of hydrogen-bond acceptors (Lipinski definition) is 4. The monoisotopic (exact) mass is 226 g/mol. The van der Waals surface area contributed by atoms with E-state index >= 15 is 0 Å². The normalized spacial score (nSPS) is 11.4. The van der Waals surface area contributed by atoms with Gasteiger partial charge in [0.2, 0.25) is 0 Å². The van der Waals surface area contributed by atoms with Gasteiger partial charge in [0.25, 0.3) is 0 Å². The number of ether oxygens (including phenoxy) is 2. The van der Waals surface area contributed by atoms with Gasteiger partial charge in [-0.05, 0) is 26.8 Å². The van der Waals surface area contributed by atoms with E-state index in [1.807, 2.05) is 20.8 Å². The number of anilines is 1. The van der Waals surface area contributed by atoms with Gasteiger partial charge in [-0.1, -0.05) is 0 Å². The molecule has 0 bridgehead atoms. The first-order chi connectivity index (χ1) is 7.38. The number of carbonyl (C=O) groups is 1. The minimum Gasteiger partial charge on any atom is -0.459 e. The third-order valence-corrected chi connectivity index (χ3v) is 1.78. The minimum atomic E-state index is -0.422. The van der Waals surface area contributed by atoms with Crippen LogP contribution in [0.2, 0.25) is 0 Å². The summed E-state index contributed by atoms with van der Waals surface area (Å²) < 4.78 is 10.4. The third kappa shape index (κ3) is 4.35. The van der Waals surface area contributed by atoms with Crippen LogP contribution in [0.1, 0.15) is 31.3 Å². The topological polar surface area (TPSA) is 77.3 Å². The molecule has 0 spiro atoms. The summed E-state index contributed by atoms with van der Waals surface area (Å²) in [7, 11) is 0. The number of nitrogens with one attached hydrogen (secondary N) is 1. The van der Waals surface area contributed by atoms with Crippen molar-refractivity contribution in [2.45, 2.75) is 26.4 Å². The molecule has 0 aromatic carbocycles. The number of hydrogen-bond donors (Lipinski definition) is 2. The molecule has 0 radical (unpaired) electrons. The molecular weight excluding hydrogens is 208 g/mol. The second-order valence-corrected chi connectivity index (χ2v) is 4.44. The fourth-order valence-corrected chi connectivity index (χ4v) is 1.09. The Kier molecular flexibility index (Phi) is 3.95. The number of carbonyl (C=O) groups excluding carboxylic acids is 1. The standard InChI is InChI=1S/C11H18N2O3/c1-11(2,3)16-5-4-15-10(14)9-6-8(12)7-13-9/h6-7,13H,4-5,12H2,1-3H3. The number of aromatic amines is 1. The molecule has 0 atom stereocenters. The maximum absolute atomic E-state index is 11.4. The highest BCUT2D eigenvalue weighted by molar-refractivity contribution is 5.88. The molecule has 3 N–H and O–H groups in total. The van der Waals surface area contributed by atoms with Crippen LogP contribution in [0.3, 0.4) is 0 Å². The predicted octanol–water partition coefficient (Wildman–Crippen LogP) is 1.57. The van der Waals surface area contributed by atoms with Gasteiger partial charge in [0.1, 0.15) is 12.3 Å². The van der Waals surface area contributed by atoms with Crippen molar-refractivity contribution in [2.75, 3.05) is 18.9 Å². The molecule has 90 valence electrons. The van der Waals surface area contributed by atoms with Crippen LogP contribution in [0.4, 0.5) is 5.69 Å². The fourth-order valence-electron chi connectivity index (χ4n) is 1.09. The summed E-state index contributed by atoms with van der Waals surface area (Å²) in [4.78, 5) is 14.1. The molecule has 5 heteroatoms. The average Bonchev–Trinajstić information content (AvgIpc) is 2.57. The zero-order valence-electron chi connectivity index (χ0n) is 9.87. The SMILES string of the molecule is CC(C)(C)OCCOC(=O)c1cc(N)c[nH]1. The average molecular weight is 226 g/mol. The van der Waals surface area contributed by atoms with E-state index in [-0.39, 0.29) is 12.2 Å². The lowest BCUT2D eigenvalue weighted by atomic mass is 10.2. The largest absolute Gasteiger partial charge is 0.459 e. The van der Waals surface area contributed by atoms with Crippen molar-refractivity contribution in [3.63, 3.8) is 0 Å². The lowest BCUT2D eigenvalue weighted by Gasteiger charge is -2.19. The van der Waals surface area contributed by atoms with Gasteiger partial charge in [0.15, 0.2) is 0 Å². The van der Waals surface area contributed by atoms with Crippen LogP contribution in [0, 0.1) is 0 Å². The zero-order chi connectivity index (χ0) is 12.2. The highest BCUT2D eigenvalue weighted by Crippen LogP contribution is 2.07. The van der Waals surface area contributed by atoms with Crippen molar-refractivity contribution in [3.8, 4) is 0 Å². The second kappa shape index (κ2) is 5.03. The van der Waals surface area contributed by atoms with Gasteiger partial charge in [-0.3, -0.25) is 0 Å². The molecule has 0 aliphatic heterocycles. The highest BCUT2D eigenvalue weighted by Gasteiger charge is 2.12. The van der Waals surface area contributed by atoms with Crippen LogP contribution in [-0.2, 0) is 9.47 Å². The number of nitrogens with two attached hydrogens (primary N) is 1. The summed E-state index contributed by atoms with van der Waals surface area (Å²) in [6.45, 7) is 6.45. The van der Waals surface area contributed by atoms with Crippen LogP contribution in [0.5, 0.6) is 0 Å². The smallest absolute Gasteiger partial charge is 0.354 e. The summed E-state index contributed by atoms with van der Waals surface area (Å²) >= 11 is 0. The Morgan fingerprint density at radius 2 is 2.12 bits per heavy atom. The van der Waals surface area contributed by atoms with Crippen molar-refractivity contribution >= 4 is 11.7 Å². The molecule has 1 aromatic heterocycles. The van der Waals surface area contributed by atoms with Crippen molar-refractivity contribution in [3.05, 3.63) is 18.0 Å². The fraction of sp³-hybridized carbons (Fsp3) is 0.545. The predicted molar refractivity (Wildman–Crippen MR) is 61.2 cm³/mol. The van der Waals surface area contributed by atoms with E-state index in [0.717, 1.165) is 0 Å². The van der Waals surface area contributed by atoms with Crippen LogP contribution in [0.15, 0.2) is 12.3 Å². The van der Waals surface area contributed by atoms with E-state index in [9.17, 15) is 4.79 Å². The van der Waals surface area contributed by atoms with E-state index in [0.29, 0.717) is 18.0 Å². The number of nitrogen functional groups attached to an aromatic ring is 1. The molecule has 0 aliphatic rings. The Morgan fingerprint density at radius 3 is 2.62 bits per heavy atom. The maximum Gasteiger partial charge on any atom is 0.354 e. The van der Waals surface area contributed by atoms with Gasteiger partial charge in [0.05, 0.1) is 17.9 Å². The van der Waals surface area contributed by atoms with E-state index in [2.05, 4.69) is 4.98 Å². The molecule has 0 saturated carbocycles. The molecule has 0 amide bonds. The number of rotatable bonds is 4. The summed E-state index contributed by atoms with van der Waals surface area (Å²) in [6, 6.07) is 1.53. The first-order valence-corrected chi connectivity index (χ1v) is 5.13. The molecule has 1 rings (SSSR count). The van der Waals surface area contributed by atoms with Crippen LogP contribution < -0.4 is 5.73 Å². The van der Waals surface area contributed by atoms with Gasteiger partial charge < -0.3 is 20.2 Å². The van der Waals surface area contributed by atoms with Gasteiger partial charge in [0, 0.05) is 6.20 Å². The van der Waals surface area contributed by atoms with Gasteiger partial charge in [-0.25, -0.2) is 4.79 Å². The minimum absolute atomic E-state index is 0.219. The van der Waals surface area contributed by atoms with Gasteiger partial charge in [-0.2, -0.15) is 0 Å². The zero-order valence-corrected chi connectivity index (χ0v) is 9.87. The van der Waals surface area contributed by atoms with Crippen molar-refractivity contribution in [1.82, 2.24) is 4.98 Å². The molecule has 1 aromatic rings. The summed E-state index contributed by atoms with van der Waals surface area (Å²) in [5.74, 6) is -0.422. The van der Waals surface area contributed by atoms with Crippen molar-refractivity contribution in [1.29, 1.82) is 0 Å². The summed E-state index contributed by atoms with van der Waals surface area (Å²) in [5.41, 5.74) is 6.11. The van der Waals surface area contributed by atoms with Crippen molar-refractivity contribution in [2.24, 2.45) is 0 Å². The first kappa shape index (κ1) is 12.6. The van der Waals surface area contributed by atoms with E-state index < -0.39 is 5.97 Å². The maximum atomic E-state index is 11.4. The van der Waals surface area contributed by atoms with Crippen LogP contribution >= 0.6 is 0 Å². The Morgan fingerprint density at radius 1 is 1.44 bits per heavy atom. The summed E-state index contributed by atoms with van der Waals surface area (Å²) in [5, 5.41) is 0.